The number of esters is 1. The van der Waals surface area contributed by atoms with E-state index in [0.29, 0.717) is 21.1 Å². The number of carbonyl (C=O) groups excluding carboxylic acids is 2. The van der Waals surface area contributed by atoms with Crippen LogP contribution in [0.3, 0.4) is 0 Å². The standard InChI is InChI=1S/C18H17ClN4O4S/c1-10-11(2)28-17-16(10)18(26)23(9-21-17)6-5-15(25)27-8-14(24)22-13-4-3-12(19)7-20-13/h3-4,7,9H,5-6,8H2,1-2H3,(H,20,22,24). The molecule has 3 rings (SSSR count). The van der Waals surface area contributed by atoms with Gasteiger partial charge in [0.2, 0.25) is 0 Å². The van der Waals surface area contributed by atoms with E-state index in [4.69, 9.17) is 16.3 Å². The number of hydrogen-bond donors (Lipinski definition) is 1. The predicted molar refractivity (Wildman–Crippen MR) is 107 cm³/mol. The predicted octanol–water partition coefficient (Wildman–Crippen LogP) is 2.70. The highest BCUT2D eigenvalue weighted by Gasteiger charge is 2.14. The third kappa shape index (κ3) is 4.55. The minimum absolute atomic E-state index is 0.0538. The first-order valence-corrected chi connectivity index (χ1v) is 9.56. The molecule has 1 amide bonds. The molecule has 0 spiro atoms. The smallest absolute Gasteiger partial charge is 0.308 e. The van der Waals surface area contributed by atoms with Crippen LogP contribution in [-0.2, 0) is 20.9 Å². The summed E-state index contributed by atoms with van der Waals surface area (Å²) in [4.78, 5) is 46.2. The van der Waals surface area contributed by atoms with Gasteiger partial charge in [-0.2, -0.15) is 0 Å². The van der Waals surface area contributed by atoms with E-state index in [0.717, 1.165) is 10.4 Å². The molecular weight excluding hydrogens is 404 g/mol. The second-order valence-electron chi connectivity index (χ2n) is 6.03. The number of ether oxygens (including phenoxy) is 1. The maximum atomic E-state index is 12.6. The van der Waals surface area contributed by atoms with E-state index in [1.54, 1.807) is 6.07 Å². The maximum Gasteiger partial charge on any atom is 0.308 e. The van der Waals surface area contributed by atoms with Crippen LogP contribution in [0.4, 0.5) is 5.82 Å². The van der Waals surface area contributed by atoms with Gasteiger partial charge in [-0.1, -0.05) is 11.6 Å². The lowest BCUT2D eigenvalue weighted by atomic mass is 10.2. The molecule has 3 aromatic heterocycles. The van der Waals surface area contributed by atoms with Gasteiger partial charge in [0.05, 0.1) is 23.2 Å². The van der Waals surface area contributed by atoms with Crippen molar-refractivity contribution in [1.82, 2.24) is 14.5 Å². The van der Waals surface area contributed by atoms with Crippen molar-refractivity contribution in [2.45, 2.75) is 26.8 Å². The molecule has 146 valence electrons. The molecule has 10 heteroatoms. The molecule has 0 bridgehead atoms. The van der Waals surface area contributed by atoms with Gasteiger partial charge in [0.25, 0.3) is 11.5 Å². The molecule has 0 unspecified atom stereocenters. The molecule has 28 heavy (non-hydrogen) atoms. The van der Waals surface area contributed by atoms with E-state index < -0.39 is 18.5 Å². The van der Waals surface area contributed by atoms with Crippen molar-refractivity contribution < 1.29 is 14.3 Å². The number of nitrogens with one attached hydrogen (secondary N) is 1. The van der Waals surface area contributed by atoms with E-state index >= 15 is 0 Å². The van der Waals surface area contributed by atoms with Gasteiger partial charge in [-0.25, -0.2) is 9.97 Å². The van der Waals surface area contributed by atoms with Gasteiger partial charge >= 0.3 is 5.97 Å². The number of hydrogen-bond acceptors (Lipinski definition) is 7. The number of thiophene rings is 1. The van der Waals surface area contributed by atoms with Crippen molar-refractivity contribution in [1.29, 1.82) is 0 Å². The fraction of sp³-hybridized carbons (Fsp3) is 0.278. The van der Waals surface area contributed by atoms with Crippen molar-refractivity contribution in [3.05, 3.63) is 50.5 Å². The Morgan fingerprint density at radius 2 is 2.07 bits per heavy atom. The Morgan fingerprint density at radius 1 is 1.29 bits per heavy atom. The van der Waals surface area contributed by atoms with Gasteiger partial charge in [0.1, 0.15) is 10.6 Å². The highest BCUT2D eigenvalue weighted by molar-refractivity contribution is 7.18. The third-order valence-corrected chi connectivity index (χ3v) is 5.41. The normalized spacial score (nSPS) is 10.8. The Balaban J connectivity index is 1.53. The molecule has 0 aliphatic carbocycles. The van der Waals surface area contributed by atoms with Crippen LogP contribution < -0.4 is 10.9 Å². The van der Waals surface area contributed by atoms with E-state index in [1.165, 1.54) is 34.5 Å². The zero-order valence-corrected chi connectivity index (χ0v) is 16.8. The van der Waals surface area contributed by atoms with Gasteiger partial charge in [-0.05, 0) is 31.5 Å². The summed E-state index contributed by atoms with van der Waals surface area (Å²) in [6.45, 7) is 3.49. The summed E-state index contributed by atoms with van der Waals surface area (Å²) in [6.07, 6.45) is 2.76. The van der Waals surface area contributed by atoms with Crippen LogP contribution in [0.15, 0.2) is 29.5 Å². The molecule has 0 aliphatic heterocycles. The zero-order valence-electron chi connectivity index (χ0n) is 15.2. The highest BCUT2D eigenvalue weighted by Crippen LogP contribution is 2.25. The lowest BCUT2D eigenvalue weighted by Crippen LogP contribution is -2.24. The Labute approximate surface area is 169 Å². The molecule has 0 aliphatic rings. The summed E-state index contributed by atoms with van der Waals surface area (Å²) in [5.41, 5.74) is 0.716. The summed E-state index contributed by atoms with van der Waals surface area (Å²) < 4.78 is 6.31. The highest BCUT2D eigenvalue weighted by atomic mass is 35.5. The van der Waals surface area contributed by atoms with Crippen LogP contribution >= 0.6 is 22.9 Å². The largest absolute Gasteiger partial charge is 0.456 e. The molecule has 8 nitrogen and oxygen atoms in total. The van der Waals surface area contributed by atoms with Crippen molar-refractivity contribution >= 4 is 50.8 Å². The number of aromatic nitrogens is 3. The Morgan fingerprint density at radius 3 is 2.79 bits per heavy atom. The second-order valence-corrected chi connectivity index (χ2v) is 7.67. The van der Waals surface area contributed by atoms with Crippen LogP contribution in [0.25, 0.3) is 10.2 Å². The maximum absolute atomic E-state index is 12.6. The summed E-state index contributed by atoms with van der Waals surface area (Å²) >= 11 is 7.18. The molecule has 0 atom stereocenters. The number of fused-ring (bicyclic) bond motifs is 1. The Hall–Kier alpha value is -2.78. The number of rotatable bonds is 6. The number of halogens is 1. The van der Waals surface area contributed by atoms with Crippen LogP contribution in [0.1, 0.15) is 16.9 Å². The molecule has 1 N–H and O–H groups in total. The molecule has 3 aromatic rings. The van der Waals surface area contributed by atoms with Gasteiger partial charge in [-0.15, -0.1) is 11.3 Å². The first-order chi connectivity index (χ1) is 13.3. The first kappa shape index (κ1) is 20.0. The average molecular weight is 421 g/mol. The quantitative estimate of drug-likeness (QED) is 0.615. The molecule has 0 aromatic carbocycles. The molecule has 0 saturated heterocycles. The fourth-order valence-electron chi connectivity index (χ4n) is 2.49. The van der Waals surface area contributed by atoms with Crippen molar-refractivity contribution in [3.63, 3.8) is 0 Å². The Kier molecular flexibility index (Phi) is 6.05. The first-order valence-electron chi connectivity index (χ1n) is 8.37. The number of anilines is 1. The molecular formula is C18H17ClN4O4S. The van der Waals surface area contributed by atoms with Crippen LogP contribution in [-0.4, -0.2) is 33.0 Å². The van der Waals surface area contributed by atoms with Crippen molar-refractivity contribution in [2.75, 3.05) is 11.9 Å². The summed E-state index contributed by atoms with van der Waals surface area (Å²) in [6, 6.07) is 3.11. The molecule has 0 radical (unpaired) electrons. The Bertz CT molecular complexity index is 1090. The number of nitrogens with zero attached hydrogens (tertiary/aromatic N) is 3. The van der Waals surface area contributed by atoms with E-state index in [9.17, 15) is 14.4 Å². The number of pyridine rings is 1. The zero-order chi connectivity index (χ0) is 20.3. The third-order valence-electron chi connectivity index (χ3n) is 4.07. The van der Waals surface area contributed by atoms with Crippen LogP contribution in [0.2, 0.25) is 5.02 Å². The SMILES string of the molecule is Cc1sc2ncn(CCC(=O)OCC(=O)Nc3ccc(Cl)cn3)c(=O)c2c1C. The van der Waals surface area contributed by atoms with Gasteiger partial charge in [0.15, 0.2) is 6.61 Å². The van der Waals surface area contributed by atoms with Crippen LogP contribution in [0, 0.1) is 13.8 Å². The number of carbonyl (C=O) groups is 2. The second kappa shape index (κ2) is 8.49. The molecule has 0 saturated carbocycles. The lowest BCUT2D eigenvalue weighted by molar-refractivity contribution is -0.147. The lowest BCUT2D eigenvalue weighted by Gasteiger charge is -2.07. The fourth-order valence-corrected chi connectivity index (χ4v) is 3.59. The number of aryl methyl sites for hydroxylation is 3. The summed E-state index contributed by atoms with van der Waals surface area (Å²) in [7, 11) is 0. The van der Waals surface area contributed by atoms with Gasteiger partial charge < -0.3 is 10.1 Å². The van der Waals surface area contributed by atoms with E-state index in [1.807, 2.05) is 13.8 Å². The minimum atomic E-state index is -0.593. The summed E-state index contributed by atoms with van der Waals surface area (Å²) in [5, 5.41) is 3.51. The van der Waals surface area contributed by atoms with Crippen LogP contribution in [0.5, 0.6) is 0 Å². The number of amides is 1. The topological polar surface area (TPSA) is 103 Å². The molecule has 3 heterocycles. The summed E-state index contributed by atoms with van der Waals surface area (Å²) in [5.74, 6) is -0.810. The van der Waals surface area contributed by atoms with Crippen molar-refractivity contribution in [3.8, 4) is 0 Å². The minimum Gasteiger partial charge on any atom is -0.456 e. The van der Waals surface area contributed by atoms with E-state index in [2.05, 4.69) is 15.3 Å². The molecule has 0 fully saturated rings. The van der Waals surface area contributed by atoms with E-state index in [-0.39, 0.29) is 18.5 Å². The average Bonchev–Trinajstić information content (AvgIpc) is 2.96. The van der Waals surface area contributed by atoms with Gasteiger partial charge in [-0.3, -0.25) is 19.0 Å². The monoisotopic (exact) mass is 420 g/mol. The van der Waals surface area contributed by atoms with Crippen molar-refractivity contribution in [2.24, 2.45) is 0 Å². The van der Waals surface area contributed by atoms with Gasteiger partial charge in [0, 0.05) is 17.6 Å².